The Morgan fingerprint density at radius 3 is 2.59 bits per heavy atom. The summed E-state index contributed by atoms with van der Waals surface area (Å²) in [5.74, 6) is 0. The van der Waals surface area contributed by atoms with Gasteiger partial charge < -0.3 is 10.3 Å². The van der Waals surface area contributed by atoms with E-state index in [1.165, 1.54) is 33.5 Å². The third kappa shape index (κ3) is 2.16. The molecule has 1 aliphatic rings. The molecule has 2 heteroatoms. The number of benzene rings is 2. The molecule has 110 valence electrons. The summed E-state index contributed by atoms with van der Waals surface area (Å²) >= 11 is 0. The van der Waals surface area contributed by atoms with E-state index < -0.39 is 0 Å². The molecule has 1 aliphatic carbocycles. The molecule has 0 amide bonds. The molecule has 2 nitrogen and oxygen atoms in total. The molecule has 0 bridgehead atoms. The molecule has 4 rings (SSSR count). The fourth-order valence-corrected chi connectivity index (χ4v) is 3.42. The number of hydrogen-bond donors (Lipinski definition) is 1. The summed E-state index contributed by atoms with van der Waals surface area (Å²) in [6.45, 7) is 2.92. The topological polar surface area (TPSA) is 30.9 Å². The summed E-state index contributed by atoms with van der Waals surface area (Å²) in [6, 6.07) is 19.8. The minimum Gasteiger partial charge on any atom is -0.346 e. The van der Waals surface area contributed by atoms with E-state index in [4.69, 9.17) is 5.73 Å². The van der Waals surface area contributed by atoms with Crippen molar-refractivity contribution in [1.29, 1.82) is 0 Å². The summed E-state index contributed by atoms with van der Waals surface area (Å²) in [7, 11) is 0. The minimum atomic E-state index is 0.165. The number of nitrogens with zero attached hydrogens (tertiary/aromatic N) is 1. The van der Waals surface area contributed by atoms with Crippen LogP contribution < -0.4 is 5.73 Å². The number of rotatable bonds is 3. The van der Waals surface area contributed by atoms with Gasteiger partial charge in [-0.25, -0.2) is 0 Å². The van der Waals surface area contributed by atoms with Crippen molar-refractivity contribution in [2.45, 2.75) is 25.9 Å². The molecule has 0 radical (unpaired) electrons. The van der Waals surface area contributed by atoms with E-state index in [-0.39, 0.29) is 6.04 Å². The lowest BCUT2D eigenvalue weighted by molar-refractivity contribution is 0.596. The zero-order valence-corrected chi connectivity index (χ0v) is 12.8. The number of nitrogens with two attached hydrogens (primary N) is 1. The summed E-state index contributed by atoms with van der Waals surface area (Å²) in [5, 5.41) is 0. The van der Waals surface area contributed by atoms with Crippen molar-refractivity contribution in [3.8, 4) is 22.4 Å². The van der Waals surface area contributed by atoms with Crippen LogP contribution in [0, 0.1) is 0 Å². The maximum absolute atomic E-state index is 6.00. The molecule has 0 fully saturated rings. The smallest absolute Gasteiger partial charge is 0.0519 e. The van der Waals surface area contributed by atoms with Crippen molar-refractivity contribution in [2.24, 2.45) is 5.73 Å². The van der Waals surface area contributed by atoms with Gasteiger partial charge in [0.05, 0.1) is 5.69 Å². The molecular formula is C20H20N2. The Bertz CT molecular complexity index is 813. The molecule has 3 aromatic rings. The van der Waals surface area contributed by atoms with Crippen molar-refractivity contribution in [3.05, 3.63) is 71.9 Å². The molecule has 0 unspecified atom stereocenters. The van der Waals surface area contributed by atoms with E-state index in [9.17, 15) is 0 Å². The minimum absolute atomic E-state index is 0.165. The molecule has 22 heavy (non-hydrogen) atoms. The van der Waals surface area contributed by atoms with E-state index in [2.05, 4.69) is 72.3 Å². The van der Waals surface area contributed by atoms with Gasteiger partial charge >= 0.3 is 0 Å². The van der Waals surface area contributed by atoms with Crippen molar-refractivity contribution in [2.75, 3.05) is 0 Å². The quantitative estimate of drug-likeness (QED) is 0.605. The van der Waals surface area contributed by atoms with Crippen molar-refractivity contribution in [1.82, 2.24) is 4.57 Å². The van der Waals surface area contributed by atoms with Crippen LogP contribution in [0.3, 0.4) is 0 Å². The highest BCUT2D eigenvalue weighted by molar-refractivity contribution is 5.79. The standard InChI is InChI=1S/C20H20N2/c1-14(21)13-22-10-9-18-11-17-8-7-16(12-19(17)20(18)22)15-5-3-2-4-6-15/h2-10,12,14H,11,13,21H2,1H3/t14-/m0/s1. The second-order valence-corrected chi connectivity index (χ2v) is 6.23. The highest BCUT2D eigenvalue weighted by atomic mass is 15.0. The fourth-order valence-electron chi connectivity index (χ4n) is 3.42. The maximum Gasteiger partial charge on any atom is 0.0519 e. The first-order valence-electron chi connectivity index (χ1n) is 7.84. The second-order valence-electron chi connectivity index (χ2n) is 6.23. The second kappa shape index (κ2) is 5.15. The first-order chi connectivity index (χ1) is 10.7. The molecule has 1 aromatic heterocycles. The van der Waals surface area contributed by atoms with Gasteiger partial charge in [-0.1, -0.05) is 42.5 Å². The summed E-state index contributed by atoms with van der Waals surface area (Å²) in [4.78, 5) is 0. The van der Waals surface area contributed by atoms with E-state index >= 15 is 0 Å². The van der Waals surface area contributed by atoms with Crippen molar-refractivity contribution < 1.29 is 0 Å². The predicted octanol–water partition coefficient (Wildman–Crippen LogP) is 4.07. The zero-order valence-electron chi connectivity index (χ0n) is 12.8. The monoisotopic (exact) mass is 288 g/mol. The number of fused-ring (bicyclic) bond motifs is 3. The van der Waals surface area contributed by atoms with Crippen LogP contribution in [0.4, 0.5) is 0 Å². The van der Waals surface area contributed by atoms with E-state index in [1.54, 1.807) is 0 Å². The summed E-state index contributed by atoms with van der Waals surface area (Å²) in [6.07, 6.45) is 3.21. The molecule has 0 saturated heterocycles. The third-order valence-corrected chi connectivity index (χ3v) is 4.38. The Morgan fingerprint density at radius 1 is 1.00 bits per heavy atom. The first-order valence-corrected chi connectivity index (χ1v) is 7.84. The molecule has 0 saturated carbocycles. The highest BCUT2D eigenvalue weighted by Crippen LogP contribution is 2.39. The lowest BCUT2D eigenvalue weighted by atomic mass is 10.00. The first kappa shape index (κ1) is 13.4. The van der Waals surface area contributed by atoms with Crippen LogP contribution in [0.15, 0.2) is 60.8 Å². The van der Waals surface area contributed by atoms with Gasteiger partial charge in [-0.2, -0.15) is 0 Å². The van der Waals surface area contributed by atoms with Crippen LogP contribution in [0.1, 0.15) is 18.1 Å². The number of hydrogen-bond acceptors (Lipinski definition) is 1. The average Bonchev–Trinajstić information content (AvgIpc) is 3.07. The van der Waals surface area contributed by atoms with Crippen molar-refractivity contribution in [3.63, 3.8) is 0 Å². The largest absolute Gasteiger partial charge is 0.346 e. The SMILES string of the molecule is C[C@H](N)Cn1ccc2c1-c1cc(-c3ccccc3)ccc1C2. The van der Waals surface area contributed by atoms with Gasteiger partial charge in [0.1, 0.15) is 0 Å². The van der Waals surface area contributed by atoms with Crippen LogP contribution >= 0.6 is 0 Å². The van der Waals surface area contributed by atoms with Crippen LogP contribution in [0.2, 0.25) is 0 Å². The van der Waals surface area contributed by atoms with Crippen LogP contribution in [-0.2, 0) is 13.0 Å². The van der Waals surface area contributed by atoms with Gasteiger partial charge in [0.15, 0.2) is 0 Å². The normalized spacial score (nSPS) is 13.7. The summed E-state index contributed by atoms with van der Waals surface area (Å²) in [5.41, 5.74) is 14.1. The Labute approximate surface area is 131 Å². The van der Waals surface area contributed by atoms with Crippen molar-refractivity contribution >= 4 is 0 Å². The van der Waals surface area contributed by atoms with E-state index in [0.717, 1.165) is 13.0 Å². The van der Waals surface area contributed by atoms with Crippen LogP contribution in [0.5, 0.6) is 0 Å². The third-order valence-electron chi connectivity index (χ3n) is 4.38. The average molecular weight is 288 g/mol. The molecular weight excluding hydrogens is 268 g/mol. The number of aromatic nitrogens is 1. The van der Waals surface area contributed by atoms with Gasteiger partial charge in [0.25, 0.3) is 0 Å². The lowest BCUT2D eigenvalue weighted by Gasteiger charge is -2.12. The lowest BCUT2D eigenvalue weighted by Crippen LogP contribution is -2.22. The Morgan fingerprint density at radius 2 is 1.82 bits per heavy atom. The van der Waals surface area contributed by atoms with Gasteiger partial charge in [-0.05, 0) is 41.3 Å². The van der Waals surface area contributed by atoms with E-state index in [1.807, 2.05) is 0 Å². The van der Waals surface area contributed by atoms with Gasteiger partial charge in [0, 0.05) is 30.8 Å². The molecule has 0 spiro atoms. The Balaban J connectivity index is 1.82. The van der Waals surface area contributed by atoms with Gasteiger partial charge in [-0.3, -0.25) is 0 Å². The van der Waals surface area contributed by atoms with Gasteiger partial charge in [-0.15, -0.1) is 0 Å². The molecule has 1 atom stereocenters. The van der Waals surface area contributed by atoms with E-state index in [0.29, 0.717) is 0 Å². The maximum atomic E-state index is 6.00. The molecule has 0 aliphatic heterocycles. The molecule has 2 aromatic carbocycles. The molecule has 1 heterocycles. The van der Waals surface area contributed by atoms with Crippen LogP contribution in [0.25, 0.3) is 22.4 Å². The van der Waals surface area contributed by atoms with Crippen LogP contribution in [-0.4, -0.2) is 10.6 Å². The fraction of sp³-hybridized carbons (Fsp3) is 0.200. The summed E-state index contributed by atoms with van der Waals surface area (Å²) < 4.78 is 2.31. The highest BCUT2D eigenvalue weighted by Gasteiger charge is 2.22. The predicted molar refractivity (Wildman–Crippen MR) is 91.8 cm³/mol. The Kier molecular flexibility index (Phi) is 3.12. The zero-order chi connectivity index (χ0) is 15.1. The van der Waals surface area contributed by atoms with Gasteiger partial charge in [0.2, 0.25) is 0 Å². The molecule has 2 N–H and O–H groups in total. The Hall–Kier alpha value is -2.32.